The van der Waals surface area contributed by atoms with Crippen LogP contribution in [0.2, 0.25) is 5.02 Å². The molecule has 18 heavy (non-hydrogen) atoms. The topological polar surface area (TPSA) is 12.0 Å². The van der Waals surface area contributed by atoms with Crippen molar-refractivity contribution in [3.63, 3.8) is 0 Å². The molecule has 1 atom stereocenters. The molecule has 0 saturated carbocycles. The van der Waals surface area contributed by atoms with Crippen LogP contribution in [0.5, 0.6) is 0 Å². The Labute approximate surface area is 108 Å². The minimum atomic E-state index is -4.14. The first-order valence-corrected chi connectivity index (χ1v) is 5.94. The predicted octanol–water partition coefficient (Wildman–Crippen LogP) is 5.01. The average molecular weight is 284 g/mol. The number of halogens is 5. The standard InChI is InChI=1S/C12H14ClF4N/c1-8(3-2-6-12(15,16)17)18-11-7-9(13)4-5-10(11)14/h4-5,7-8,18H,2-3,6H2,1H3. The fraction of sp³-hybridized carbons (Fsp3) is 0.500. The van der Waals surface area contributed by atoms with Crippen LogP contribution < -0.4 is 5.32 Å². The Bertz CT molecular complexity index is 392. The highest BCUT2D eigenvalue weighted by molar-refractivity contribution is 6.30. The molecule has 0 amide bonds. The van der Waals surface area contributed by atoms with Gasteiger partial charge in [-0.15, -0.1) is 0 Å². The summed E-state index contributed by atoms with van der Waals surface area (Å²) in [6, 6.07) is 3.79. The smallest absolute Gasteiger partial charge is 0.380 e. The van der Waals surface area contributed by atoms with Gasteiger partial charge in [0.1, 0.15) is 5.82 Å². The van der Waals surface area contributed by atoms with E-state index in [4.69, 9.17) is 11.6 Å². The molecule has 0 spiro atoms. The highest BCUT2D eigenvalue weighted by Crippen LogP contribution is 2.24. The molecule has 1 unspecified atom stereocenters. The van der Waals surface area contributed by atoms with E-state index in [1.165, 1.54) is 18.2 Å². The van der Waals surface area contributed by atoms with E-state index in [9.17, 15) is 17.6 Å². The zero-order chi connectivity index (χ0) is 13.8. The van der Waals surface area contributed by atoms with E-state index in [-0.39, 0.29) is 18.2 Å². The largest absolute Gasteiger partial charge is 0.389 e. The SMILES string of the molecule is CC(CCCC(F)(F)F)Nc1cc(Cl)ccc1F. The molecule has 0 fully saturated rings. The van der Waals surface area contributed by atoms with Crippen LogP contribution in [-0.4, -0.2) is 12.2 Å². The van der Waals surface area contributed by atoms with Gasteiger partial charge in [0.25, 0.3) is 0 Å². The lowest BCUT2D eigenvalue weighted by atomic mass is 10.1. The first-order valence-electron chi connectivity index (χ1n) is 5.56. The highest BCUT2D eigenvalue weighted by atomic mass is 35.5. The molecule has 102 valence electrons. The van der Waals surface area contributed by atoms with Crippen molar-refractivity contribution >= 4 is 17.3 Å². The molecule has 0 heterocycles. The molecule has 1 nitrogen and oxygen atoms in total. The van der Waals surface area contributed by atoms with Crippen LogP contribution in [0.3, 0.4) is 0 Å². The summed E-state index contributed by atoms with van der Waals surface area (Å²) >= 11 is 5.71. The molecular weight excluding hydrogens is 270 g/mol. The van der Waals surface area contributed by atoms with Crippen LogP contribution in [0.4, 0.5) is 23.2 Å². The Balaban J connectivity index is 2.44. The van der Waals surface area contributed by atoms with Gasteiger partial charge in [0.05, 0.1) is 5.69 Å². The molecule has 0 aliphatic rings. The summed E-state index contributed by atoms with van der Waals surface area (Å²) in [5.74, 6) is -0.470. The molecule has 0 aliphatic carbocycles. The molecule has 1 N–H and O–H groups in total. The first kappa shape index (κ1) is 15.1. The molecular formula is C12H14ClF4N. The molecule has 0 aromatic heterocycles. The number of anilines is 1. The number of hydrogen-bond donors (Lipinski definition) is 1. The number of hydrogen-bond acceptors (Lipinski definition) is 1. The van der Waals surface area contributed by atoms with Gasteiger partial charge in [-0.25, -0.2) is 4.39 Å². The molecule has 6 heteroatoms. The van der Waals surface area contributed by atoms with E-state index in [1.807, 2.05) is 0 Å². The second-order valence-electron chi connectivity index (χ2n) is 4.18. The van der Waals surface area contributed by atoms with Crippen molar-refractivity contribution in [3.8, 4) is 0 Å². The quantitative estimate of drug-likeness (QED) is 0.749. The minimum Gasteiger partial charge on any atom is -0.380 e. The Kier molecular flexibility index (Phi) is 5.26. The molecule has 0 radical (unpaired) electrons. The second-order valence-corrected chi connectivity index (χ2v) is 4.61. The van der Waals surface area contributed by atoms with E-state index in [2.05, 4.69) is 5.32 Å². The molecule has 0 bridgehead atoms. The van der Waals surface area contributed by atoms with Crippen molar-refractivity contribution in [3.05, 3.63) is 29.0 Å². The van der Waals surface area contributed by atoms with Crippen LogP contribution in [-0.2, 0) is 0 Å². The second kappa shape index (κ2) is 6.27. The minimum absolute atomic E-state index is 0.0137. The van der Waals surface area contributed by atoms with Crippen molar-refractivity contribution in [2.75, 3.05) is 5.32 Å². The van der Waals surface area contributed by atoms with E-state index in [0.717, 1.165) is 0 Å². The number of rotatable bonds is 5. The Hall–Kier alpha value is -0.970. The summed E-state index contributed by atoms with van der Waals surface area (Å²) < 4.78 is 49.2. The summed E-state index contributed by atoms with van der Waals surface area (Å²) in [6.45, 7) is 1.71. The summed E-state index contributed by atoms with van der Waals surface area (Å²) in [5.41, 5.74) is 0.210. The van der Waals surface area contributed by atoms with Crippen LogP contribution in [0.25, 0.3) is 0 Å². The van der Waals surface area contributed by atoms with Gasteiger partial charge < -0.3 is 5.32 Å². The third-order valence-corrected chi connectivity index (χ3v) is 2.66. The van der Waals surface area contributed by atoms with Crippen LogP contribution in [0.1, 0.15) is 26.2 Å². The van der Waals surface area contributed by atoms with Crippen molar-refractivity contribution in [1.29, 1.82) is 0 Å². The third kappa shape index (κ3) is 5.58. The van der Waals surface area contributed by atoms with Gasteiger partial charge in [0.2, 0.25) is 0 Å². The van der Waals surface area contributed by atoms with E-state index in [1.54, 1.807) is 6.92 Å². The maximum Gasteiger partial charge on any atom is 0.389 e. The van der Waals surface area contributed by atoms with Crippen molar-refractivity contribution in [2.24, 2.45) is 0 Å². The fourth-order valence-corrected chi connectivity index (χ4v) is 1.73. The maximum absolute atomic E-state index is 13.3. The van der Waals surface area contributed by atoms with E-state index >= 15 is 0 Å². The Morgan fingerprint density at radius 3 is 2.61 bits per heavy atom. The van der Waals surface area contributed by atoms with Crippen molar-refractivity contribution in [2.45, 2.75) is 38.4 Å². The molecule has 1 aromatic carbocycles. The number of benzene rings is 1. The van der Waals surface area contributed by atoms with Gasteiger partial charge in [-0.3, -0.25) is 0 Å². The van der Waals surface area contributed by atoms with Crippen molar-refractivity contribution in [1.82, 2.24) is 0 Å². The fourth-order valence-electron chi connectivity index (χ4n) is 1.55. The van der Waals surface area contributed by atoms with Gasteiger partial charge >= 0.3 is 6.18 Å². The summed E-state index contributed by atoms with van der Waals surface area (Å²) in [5, 5.41) is 3.19. The maximum atomic E-state index is 13.3. The molecule has 1 rings (SSSR count). The predicted molar refractivity (Wildman–Crippen MR) is 64.4 cm³/mol. The normalized spacial score (nSPS) is 13.4. The van der Waals surface area contributed by atoms with Gasteiger partial charge in [-0.1, -0.05) is 11.6 Å². The number of alkyl halides is 3. The summed E-state index contributed by atoms with van der Waals surface area (Å²) in [6.07, 6.45) is -4.64. The monoisotopic (exact) mass is 283 g/mol. The van der Waals surface area contributed by atoms with E-state index in [0.29, 0.717) is 11.4 Å². The van der Waals surface area contributed by atoms with E-state index < -0.39 is 18.4 Å². The number of nitrogens with one attached hydrogen (secondary N) is 1. The Morgan fingerprint density at radius 2 is 2.00 bits per heavy atom. The molecule has 0 aliphatic heterocycles. The average Bonchev–Trinajstić information content (AvgIpc) is 2.21. The third-order valence-electron chi connectivity index (χ3n) is 2.43. The molecule has 1 aromatic rings. The first-order chi connectivity index (χ1) is 8.28. The van der Waals surface area contributed by atoms with Gasteiger partial charge in [0, 0.05) is 17.5 Å². The summed E-state index contributed by atoms with van der Waals surface area (Å²) in [4.78, 5) is 0. The van der Waals surface area contributed by atoms with Gasteiger partial charge in [0.15, 0.2) is 0 Å². The lowest BCUT2D eigenvalue weighted by molar-refractivity contribution is -0.135. The van der Waals surface area contributed by atoms with Gasteiger partial charge in [-0.2, -0.15) is 13.2 Å². The zero-order valence-electron chi connectivity index (χ0n) is 9.82. The summed E-state index contributed by atoms with van der Waals surface area (Å²) in [7, 11) is 0. The highest BCUT2D eigenvalue weighted by Gasteiger charge is 2.26. The Morgan fingerprint density at radius 1 is 1.33 bits per heavy atom. The van der Waals surface area contributed by atoms with Crippen LogP contribution in [0.15, 0.2) is 18.2 Å². The lowest BCUT2D eigenvalue weighted by Gasteiger charge is -2.16. The van der Waals surface area contributed by atoms with Crippen molar-refractivity contribution < 1.29 is 17.6 Å². The van der Waals surface area contributed by atoms with Crippen LogP contribution >= 0.6 is 11.6 Å². The zero-order valence-corrected chi connectivity index (χ0v) is 10.6. The van der Waals surface area contributed by atoms with Gasteiger partial charge in [-0.05, 0) is 38.0 Å². The lowest BCUT2D eigenvalue weighted by Crippen LogP contribution is -2.17. The molecule has 0 saturated heterocycles. The van der Waals surface area contributed by atoms with Crippen LogP contribution in [0, 0.1) is 5.82 Å².